The summed E-state index contributed by atoms with van der Waals surface area (Å²) in [5.74, 6) is -1.16. The lowest BCUT2D eigenvalue weighted by Crippen LogP contribution is -2.54. The second-order valence-electron chi connectivity index (χ2n) is 14.3. The van der Waals surface area contributed by atoms with E-state index in [0.29, 0.717) is 56.9 Å². The molecule has 6 nitrogen and oxygen atoms in total. The highest BCUT2D eigenvalue weighted by atomic mass is 35.5. The van der Waals surface area contributed by atoms with Gasteiger partial charge in [-0.15, -0.1) is 22.7 Å². The molecule has 1 fully saturated rings. The normalized spacial score (nSPS) is 24.3. The maximum atomic E-state index is 14.9. The molecule has 2 heterocycles. The van der Waals surface area contributed by atoms with Crippen molar-refractivity contribution in [2.45, 2.75) is 93.5 Å². The van der Waals surface area contributed by atoms with Crippen LogP contribution in [0.5, 0.6) is 0 Å². The number of nitrogens with zero attached hydrogens (tertiary/aromatic N) is 1. The van der Waals surface area contributed by atoms with Gasteiger partial charge in [0.1, 0.15) is 10.0 Å². The summed E-state index contributed by atoms with van der Waals surface area (Å²) in [7, 11) is -3.92. The molecular formula is C40H45ClFNO5S3. The Kier molecular flexibility index (Phi) is 11.7. The Morgan fingerprint density at radius 2 is 1.84 bits per heavy atom. The van der Waals surface area contributed by atoms with Crippen LogP contribution in [0.3, 0.4) is 0 Å². The minimum absolute atomic E-state index is 0.0906. The Labute approximate surface area is 313 Å². The lowest BCUT2D eigenvalue weighted by Gasteiger charge is -2.46. The van der Waals surface area contributed by atoms with Crippen LogP contribution in [0, 0.1) is 11.2 Å². The first-order valence-corrected chi connectivity index (χ1v) is 21.1. The Bertz CT molecular complexity index is 1960. The molecule has 0 aliphatic heterocycles. The van der Waals surface area contributed by atoms with Crippen molar-refractivity contribution in [3.05, 3.63) is 121 Å². The third kappa shape index (κ3) is 8.12. The monoisotopic (exact) mass is 769 g/mol. The lowest BCUT2D eigenvalue weighted by atomic mass is 9.64. The fourth-order valence-electron chi connectivity index (χ4n) is 8.00. The van der Waals surface area contributed by atoms with Gasteiger partial charge in [-0.3, -0.25) is 4.79 Å². The molecular weight excluding hydrogens is 725 g/mol. The van der Waals surface area contributed by atoms with E-state index in [-0.39, 0.29) is 46.0 Å². The van der Waals surface area contributed by atoms with E-state index in [2.05, 4.69) is 13.0 Å². The number of sulfonamides is 1. The number of carbonyl (C=O) groups excluding carboxylic acids is 1. The molecule has 4 aromatic rings. The zero-order valence-electron chi connectivity index (χ0n) is 29.0. The fraction of sp³-hybridized carbons (Fsp3) is 0.425. The van der Waals surface area contributed by atoms with Crippen molar-refractivity contribution in [1.29, 1.82) is 0 Å². The predicted molar refractivity (Wildman–Crippen MR) is 204 cm³/mol. The van der Waals surface area contributed by atoms with Crippen LogP contribution in [0.15, 0.2) is 87.3 Å². The number of benzene rings is 2. The average molecular weight is 770 g/mol. The summed E-state index contributed by atoms with van der Waals surface area (Å²) in [6, 6.07) is 17.3. The standard InChI is InChI=1S/C40H45ClFNO5S3/c1-27-7-4-18-39(2)34(16-19-40(39,46)26-43(20-17-30-8-5-21-49-30)51(47,48)38-11-6-22-50-38)31-15-13-28(23-29(44)14-12-27)24-32(31)37(45)25-33-35(41)9-3-10-36(33)42/h3,5-11,13,15,21-22,24,29,34,44,46H,4,12,14,16-20,23,25-26H2,1-2H3. The van der Waals surface area contributed by atoms with Gasteiger partial charge in [-0.25, -0.2) is 12.8 Å². The van der Waals surface area contributed by atoms with E-state index < -0.39 is 33.0 Å². The number of Topliss-reactive ketones (excluding diaryl/α,β-unsaturated/α-hetero) is 1. The highest BCUT2D eigenvalue weighted by molar-refractivity contribution is 7.91. The van der Waals surface area contributed by atoms with E-state index in [0.717, 1.165) is 32.9 Å². The van der Waals surface area contributed by atoms with Gasteiger partial charge in [0.25, 0.3) is 10.0 Å². The summed E-state index contributed by atoms with van der Waals surface area (Å²) < 4.78 is 45.0. The molecule has 2 aromatic carbocycles. The maximum absolute atomic E-state index is 14.9. The molecule has 2 bridgehead atoms. The largest absolute Gasteiger partial charge is 0.393 e. The zero-order valence-corrected chi connectivity index (χ0v) is 32.2. The molecule has 1 saturated carbocycles. The van der Waals surface area contributed by atoms with Crippen LogP contribution in [0.25, 0.3) is 0 Å². The molecule has 0 spiro atoms. The SMILES string of the molecule is CC1=CCCC2(C)C(CCC2(O)CN(CCc2cccs2)S(=O)(=O)c2cccs2)c2ccc(cc2C(=O)Cc2c(F)cccc2Cl)CC(O)CC1. The van der Waals surface area contributed by atoms with E-state index in [1.165, 1.54) is 16.4 Å². The van der Waals surface area contributed by atoms with Crippen molar-refractivity contribution >= 4 is 50.1 Å². The summed E-state index contributed by atoms with van der Waals surface area (Å²) in [5, 5.41) is 27.7. The molecule has 11 heteroatoms. The van der Waals surface area contributed by atoms with E-state index in [1.807, 2.05) is 42.6 Å². The summed E-state index contributed by atoms with van der Waals surface area (Å²) in [5.41, 5.74) is 0.965. The molecule has 2 aromatic heterocycles. The number of fused-ring (bicyclic) bond motifs is 8. The Hall–Kier alpha value is -2.70. The van der Waals surface area contributed by atoms with Crippen LogP contribution in [-0.4, -0.2) is 53.5 Å². The van der Waals surface area contributed by atoms with Crippen LogP contribution in [0.4, 0.5) is 4.39 Å². The zero-order chi connectivity index (χ0) is 36.4. The number of ketones is 1. The molecule has 4 unspecified atom stereocenters. The molecule has 51 heavy (non-hydrogen) atoms. The Morgan fingerprint density at radius 3 is 2.57 bits per heavy atom. The molecule has 272 valence electrons. The van der Waals surface area contributed by atoms with Crippen LogP contribution >= 0.6 is 34.3 Å². The first-order valence-electron chi connectivity index (χ1n) is 17.5. The predicted octanol–water partition coefficient (Wildman–Crippen LogP) is 9.00. The smallest absolute Gasteiger partial charge is 0.252 e. The average Bonchev–Trinajstić information content (AvgIpc) is 3.87. The summed E-state index contributed by atoms with van der Waals surface area (Å²) in [6.07, 6.45) is 5.49. The van der Waals surface area contributed by atoms with Crippen molar-refractivity contribution < 1.29 is 27.8 Å². The second-order valence-corrected chi connectivity index (χ2v) is 18.9. The highest BCUT2D eigenvalue weighted by Crippen LogP contribution is 2.59. The van der Waals surface area contributed by atoms with E-state index >= 15 is 0 Å². The molecule has 0 amide bonds. The number of thiophene rings is 2. The van der Waals surface area contributed by atoms with Gasteiger partial charge in [0.15, 0.2) is 5.78 Å². The molecule has 2 N–H and O–H groups in total. The second kappa shape index (κ2) is 15.7. The van der Waals surface area contributed by atoms with Gasteiger partial charge in [0, 0.05) is 46.0 Å². The summed E-state index contributed by atoms with van der Waals surface area (Å²) in [4.78, 5) is 15.3. The quantitative estimate of drug-likeness (QED) is 0.124. The topological polar surface area (TPSA) is 94.9 Å². The molecule has 0 saturated heterocycles. The molecule has 3 aliphatic rings. The Morgan fingerprint density at radius 1 is 1.06 bits per heavy atom. The van der Waals surface area contributed by atoms with Crippen molar-refractivity contribution in [3.63, 3.8) is 0 Å². The molecule has 0 radical (unpaired) electrons. The van der Waals surface area contributed by atoms with Crippen molar-refractivity contribution in [3.8, 4) is 0 Å². The fourth-order valence-corrected chi connectivity index (χ4v) is 11.6. The van der Waals surface area contributed by atoms with Gasteiger partial charge in [-0.2, -0.15) is 4.31 Å². The van der Waals surface area contributed by atoms with Crippen LogP contribution in [0.1, 0.15) is 90.2 Å². The number of rotatable bonds is 10. The van der Waals surface area contributed by atoms with Gasteiger partial charge in [-0.1, -0.05) is 60.5 Å². The summed E-state index contributed by atoms with van der Waals surface area (Å²) in [6.45, 7) is 4.21. The minimum atomic E-state index is -3.92. The van der Waals surface area contributed by atoms with Crippen molar-refractivity contribution in [2.24, 2.45) is 5.41 Å². The number of halogens is 2. The molecule has 7 rings (SSSR count). The minimum Gasteiger partial charge on any atom is -0.393 e. The molecule has 4 atom stereocenters. The number of aliphatic hydroxyl groups is 2. The highest BCUT2D eigenvalue weighted by Gasteiger charge is 2.58. The van der Waals surface area contributed by atoms with Crippen LogP contribution in [0.2, 0.25) is 5.02 Å². The van der Waals surface area contributed by atoms with Crippen LogP contribution < -0.4 is 0 Å². The summed E-state index contributed by atoms with van der Waals surface area (Å²) >= 11 is 9.11. The number of carbonyl (C=O) groups is 1. The number of hydrogen-bond donors (Lipinski definition) is 2. The number of aliphatic hydroxyl groups excluding tert-OH is 1. The van der Waals surface area contributed by atoms with Gasteiger partial charge in [0.05, 0.1) is 11.7 Å². The van der Waals surface area contributed by atoms with Crippen molar-refractivity contribution in [1.82, 2.24) is 4.31 Å². The van der Waals surface area contributed by atoms with Gasteiger partial charge in [-0.05, 0) is 116 Å². The van der Waals surface area contributed by atoms with Gasteiger partial charge >= 0.3 is 0 Å². The number of hydrogen-bond acceptors (Lipinski definition) is 7. The number of allylic oxidation sites excluding steroid dienone is 2. The third-order valence-electron chi connectivity index (χ3n) is 11.1. The van der Waals surface area contributed by atoms with Gasteiger partial charge < -0.3 is 10.2 Å². The van der Waals surface area contributed by atoms with Crippen molar-refractivity contribution in [2.75, 3.05) is 13.1 Å². The van der Waals surface area contributed by atoms with E-state index in [9.17, 15) is 27.8 Å². The maximum Gasteiger partial charge on any atom is 0.252 e. The molecule has 3 aliphatic carbocycles. The van der Waals surface area contributed by atoms with Crippen LogP contribution in [-0.2, 0) is 29.3 Å². The first-order chi connectivity index (χ1) is 24.3. The van der Waals surface area contributed by atoms with E-state index in [1.54, 1.807) is 34.9 Å². The Balaban J connectivity index is 1.43. The third-order valence-corrected chi connectivity index (χ3v) is 15.6. The first kappa shape index (κ1) is 38.0. The lowest BCUT2D eigenvalue weighted by molar-refractivity contribution is -0.0722. The van der Waals surface area contributed by atoms with Gasteiger partial charge in [0.2, 0.25) is 0 Å². The van der Waals surface area contributed by atoms with E-state index in [4.69, 9.17) is 11.6 Å².